The molecule has 0 bridgehead atoms. The Morgan fingerprint density at radius 3 is 2.75 bits per heavy atom. The lowest BCUT2D eigenvalue weighted by atomic mass is 10.1. The van der Waals surface area contributed by atoms with Gasteiger partial charge in [0.25, 0.3) is 0 Å². The largest absolute Gasteiger partial charge is 0.143 e. The van der Waals surface area contributed by atoms with Crippen LogP contribution in [0.15, 0.2) is 23.1 Å². The summed E-state index contributed by atoms with van der Waals surface area (Å²) in [5.41, 5.74) is 2.63. The van der Waals surface area contributed by atoms with Crippen LogP contribution >= 0.6 is 28.6 Å². The van der Waals surface area contributed by atoms with Gasteiger partial charge in [0, 0.05) is 10.2 Å². The van der Waals surface area contributed by atoms with Gasteiger partial charge in [-0.2, -0.15) is 0 Å². The van der Waals surface area contributed by atoms with Crippen molar-refractivity contribution in [2.45, 2.75) is 24.7 Å². The molecule has 0 aliphatic carbocycles. The average molecular weight is 245 g/mol. The summed E-state index contributed by atoms with van der Waals surface area (Å²) in [5.74, 6) is 0. The maximum atomic E-state index is 4.43. The Bertz CT molecular complexity index is 258. The standard InChI is InChI=1S/C10H13BrS/c1-8-4-5-9(3-2-6-11)10(12)7-8/h4-5,7,12H,2-3,6H2,1H3. The minimum absolute atomic E-state index is 1.06. The molecule has 0 N–H and O–H groups in total. The van der Waals surface area contributed by atoms with Crippen LogP contribution in [-0.4, -0.2) is 5.33 Å². The predicted molar refractivity (Wildman–Crippen MR) is 60.5 cm³/mol. The smallest absolute Gasteiger partial charge is 0.00746 e. The fraction of sp³-hybridized carbons (Fsp3) is 0.400. The molecule has 1 aromatic carbocycles. The van der Waals surface area contributed by atoms with E-state index in [2.05, 4.69) is 53.7 Å². The van der Waals surface area contributed by atoms with Crippen molar-refractivity contribution in [3.63, 3.8) is 0 Å². The summed E-state index contributed by atoms with van der Waals surface area (Å²) in [4.78, 5) is 1.12. The molecule has 0 unspecified atom stereocenters. The third-order valence-corrected chi connectivity index (χ3v) is 2.80. The Morgan fingerprint density at radius 2 is 2.17 bits per heavy atom. The molecule has 66 valence electrons. The molecule has 0 heterocycles. The van der Waals surface area contributed by atoms with Crippen LogP contribution in [-0.2, 0) is 6.42 Å². The van der Waals surface area contributed by atoms with Crippen LogP contribution in [0.1, 0.15) is 17.5 Å². The molecule has 12 heavy (non-hydrogen) atoms. The first-order valence-electron chi connectivity index (χ1n) is 4.08. The SMILES string of the molecule is Cc1ccc(CCCBr)c(S)c1. The number of hydrogen-bond acceptors (Lipinski definition) is 1. The molecule has 0 nitrogen and oxygen atoms in total. The first-order chi connectivity index (χ1) is 5.74. The van der Waals surface area contributed by atoms with Crippen LogP contribution in [0, 0.1) is 6.92 Å². The van der Waals surface area contributed by atoms with Crippen LogP contribution in [0.5, 0.6) is 0 Å². The van der Waals surface area contributed by atoms with E-state index in [1.807, 2.05) is 0 Å². The maximum absolute atomic E-state index is 4.43. The molecule has 0 atom stereocenters. The highest BCUT2D eigenvalue weighted by Crippen LogP contribution is 2.17. The van der Waals surface area contributed by atoms with Gasteiger partial charge in [-0.15, -0.1) is 12.6 Å². The predicted octanol–water partition coefficient (Wildman–Crippen LogP) is 3.61. The van der Waals surface area contributed by atoms with E-state index >= 15 is 0 Å². The Balaban J connectivity index is 2.72. The summed E-state index contributed by atoms with van der Waals surface area (Å²) in [6, 6.07) is 6.43. The van der Waals surface area contributed by atoms with Crippen molar-refractivity contribution >= 4 is 28.6 Å². The molecule has 1 aromatic rings. The van der Waals surface area contributed by atoms with E-state index in [0.717, 1.165) is 16.6 Å². The summed E-state index contributed by atoms with van der Waals surface area (Å²) >= 11 is 7.85. The molecular weight excluding hydrogens is 232 g/mol. The third kappa shape index (κ3) is 2.83. The van der Waals surface area contributed by atoms with Crippen LogP contribution in [0.4, 0.5) is 0 Å². The monoisotopic (exact) mass is 244 g/mol. The summed E-state index contributed by atoms with van der Waals surface area (Å²) in [6.45, 7) is 2.09. The van der Waals surface area contributed by atoms with Gasteiger partial charge >= 0.3 is 0 Å². The molecule has 0 aliphatic rings. The topological polar surface area (TPSA) is 0 Å². The zero-order valence-electron chi connectivity index (χ0n) is 7.18. The molecule has 0 saturated heterocycles. The van der Waals surface area contributed by atoms with Crippen molar-refractivity contribution in [3.8, 4) is 0 Å². The second-order valence-electron chi connectivity index (χ2n) is 2.92. The molecule has 0 fully saturated rings. The van der Waals surface area contributed by atoms with Gasteiger partial charge in [0.2, 0.25) is 0 Å². The van der Waals surface area contributed by atoms with Gasteiger partial charge < -0.3 is 0 Å². The highest BCUT2D eigenvalue weighted by molar-refractivity contribution is 9.09. The van der Waals surface area contributed by atoms with Crippen LogP contribution < -0.4 is 0 Å². The van der Waals surface area contributed by atoms with Gasteiger partial charge in [0.05, 0.1) is 0 Å². The quantitative estimate of drug-likeness (QED) is 0.610. The minimum atomic E-state index is 1.06. The Kier molecular flexibility index (Phi) is 4.16. The Hall–Kier alpha value is 0.0500. The highest BCUT2D eigenvalue weighted by Gasteiger charge is 1.97. The average Bonchev–Trinajstić information content (AvgIpc) is 2.03. The lowest BCUT2D eigenvalue weighted by Gasteiger charge is -2.04. The fourth-order valence-electron chi connectivity index (χ4n) is 1.14. The number of rotatable bonds is 3. The first-order valence-corrected chi connectivity index (χ1v) is 5.65. The van der Waals surface area contributed by atoms with Crippen molar-refractivity contribution in [2.24, 2.45) is 0 Å². The molecule has 0 radical (unpaired) electrons. The number of thiol groups is 1. The van der Waals surface area contributed by atoms with Gasteiger partial charge in [0.15, 0.2) is 0 Å². The first kappa shape index (κ1) is 10.1. The molecular formula is C10H13BrS. The van der Waals surface area contributed by atoms with Crippen LogP contribution in [0.2, 0.25) is 0 Å². The van der Waals surface area contributed by atoms with Crippen LogP contribution in [0.3, 0.4) is 0 Å². The maximum Gasteiger partial charge on any atom is 0.00746 e. The van der Waals surface area contributed by atoms with Crippen molar-refractivity contribution in [2.75, 3.05) is 5.33 Å². The van der Waals surface area contributed by atoms with E-state index in [1.54, 1.807) is 0 Å². The minimum Gasteiger partial charge on any atom is -0.143 e. The number of aryl methyl sites for hydroxylation is 2. The number of alkyl halides is 1. The normalized spacial score (nSPS) is 10.2. The van der Waals surface area contributed by atoms with Crippen molar-refractivity contribution in [3.05, 3.63) is 29.3 Å². The number of hydrogen-bond donors (Lipinski definition) is 1. The zero-order valence-corrected chi connectivity index (χ0v) is 9.66. The molecule has 2 heteroatoms. The van der Waals surface area contributed by atoms with E-state index < -0.39 is 0 Å². The summed E-state index contributed by atoms with van der Waals surface area (Å²) < 4.78 is 0. The molecule has 0 saturated carbocycles. The second-order valence-corrected chi connectivity index (χ2v) is 4.20. The van der Waals surface area contributed by atoms with E-state index in [0.29, 0.717) is 0 Å². The van der Waals surface area contributed by atoms with Gasteiger partial charge in [-0.3, -0.25) is 0 Å². The Morgan fingerprint density at radius 1 is 1.42 bits per heavy atom. The van der Waals surface area contributed by atoms with Gasteiger partial charge in [-0.1, -0.05) is 33.6 Å². The molecule has 0 spiro atoms. The van der Waals surface area contributed by atoms with E-state index in [9.17, 15) is 0 Å². The fourth-order valence-corrected chi connectivity index (χ4v) is 1.81. The Labute approximate surface area is 87.9 Å². The summed E-state index contributed by atoms with van der Waals surface area (Å²) in [6.07, 6.45) is 2.29. The second kappa shape index (κ2) is 4.93. The highest BCUT2D eigenvalue weighted by atomic mass is 79.9. The molecule has 1 rings (SSSR count). The number of benzene rings is 1. The van der Waals surface area contributed by atoms with E-state index in [-0.39, 0.29) is 0 Å². The van der Waals surface area contributed by atoms with Crippen molar-refractivity contribution < 1.29 is 0 Å². The summed E-state index contributed by atoms with van der Waals surface area (Å²) in [5, 5.41) is 1.06. The van der Waals surface area contributed by atoms with Crippen molar-refractivity contribution in [1.82, 2.24) is 0 Å². The molecule has 0 amide bonds. The van der Waals surface area contributed by atoms with E-state index in [1.165, 1.54) is 17.5 Å². The zero-order chi connectivity index (χ0) is 8.97. The molecule has 0 aromatic heterocycles. The van der Waals surface area contributed by atoms with Gasteiger partial charge in [0.1, 0.15) is 0 Å². The summed E-state index contributed by atoms with van der Waals surface area (Å²) in [7, 11) is 0. The lowest BCUT2D eigenvalue weighted by molar-refractivity contribution is 0.916. The number of halogens is 1. The van der Waals surface area contributed by atoms with Crippen LogP contribution in [0.25, 0.3) is 0 Å². The lowest BCUT2D eigenvalue weighted by Crippen LogP contribution is -1.88. The third-order valence-electron chi connectivity index (χ3n) is 1.82. The van der Waals surface area contributed by atoms with Gasteiger partial charge in [-0.25, -0.2) is 0 Å². The molecule has 0 aliphatic heterocycles. The van der Waals surface area contributed by atoms with E-state index in [4.69, 9.17) is 0 Å². The van der Waals surface area contributed by atoms with Gasteiger partial charge in [-0.05, 0) is 31.4 Å². The van der Waals surface area contributed by atoms with Crippen molar-refractivity contribution in [1.29, 1.82) is 0 Å².